The molecule has 0 unspecified atom stereocenters. The molecule has 0 radical (unpaired) electrons. The topological polar surface area (TPSA) is 64.6 Å². The summed E-state index contributed by atoms with van der Waals surface area (Å²) in [6.45, 7) is 2.54. The van der Waals surface area contributed by atoms with Gasteiger partial charge in [-0.05, 0) is 49.1 Å². The van der Waals surface area contributed by atoms with Crippen molar-refractivity contribution >= 4 is 29.7 Å². The summed E-state index contributed by atoms with van der Waals surface area (Å²) < 4.78 is 10.1. The molecule has 0 heterocycles. The van der Waals surface area contributed by atoms with E-state index in [1.807, 2.05) is 37.4 Å². The van der Waals surface area contributed by atoms with E-state index in [1.165, 1.54) is 13.2 Å². The molecule has 0 aromatic heterocycles. The van der Waals surface area contributed by atoms with Crippen molar-refractivity contribution in [2.45, 2.75) is 19.4 Å². The molecule has 1 rings (SSSR count). The Balaban J connectivity index is 2.60. The Kier molecular flexibility index (Phi) is 8.90. The Morgan fingerprint density at radius 2 is 2.00 bits per heavy atom. The van der Waals surface area contributed by atoms with Crippen molar-refractivity contribution in [3.63, 3.8) is 0 Å². The predicted molar refractivity (Wildman–Crippen MR) is 93.6 cm³/mol. The van der Waals surface area contributed by atoms with Gasteiger partial charge in [0.15, 0.2) is 0 Å². The van der Waals surface area contributed by atoms with E-state index in [9.17, 15) is 9.59 Å². The van der Waals surface area contributed by atoms with Crippen LogP contribution in [0.2, 0.25) is 0 Å². The van der Waals surface area contributed by atoms with Crippen LogP contribution in [0.15, 0.2) is 30.3 Å². The fourth-order valence-corrected chi connectivity index (χ4v) is 2.33. The smallest absolute Gasteiger partial charge is 0.328 e. The van der Waals surface area contributed by atoms with Gasteiger partial charge in [0, 0.05) is 6.08 Å². The van der Waals surface area contributed by atoms with Gasteiger partial charge in [-0.2, -0.15) is 11.8 Å². The molecular weight excluding hydrogens is 314 g/mol. The second-order valence-corrected chi connectivity index (χ2v) is 5.69. The molecule has 23 heavy (non-hydrogen) atoms. The van der Waals surface area contributed by atoms with Gasteiger partial charge in [0.1, 0.15) is 11.8 Å². The van der Waals surface area contributed by atoms with Gasteiger partial charge < -0.3 is 14.8 Å². The Morgan fingerprint density at radius 3 is 2.57 bits per heavy atom. The third-order valence-electron chi connectivity index (χ3n) is 3.03. The summed E-state index contributed by atoms with van der Waals surface area (Å²) in [6.07, 6.45) is 5.58. The average Bonchev–Trinajstić information content (AvgIpc) is 2.57. The SMILES string of the molecule is CCOc1ccc(/C=C/C(=O)N[C@H](CCSC)C(=O)OC)cc1. The summed E-state index contributed by atoms with van der Waals surface area (Å²) in [7, 11) is 1.32. The van der Waals surface area contributed by atoms with Gasteiger partial charge in [-0.15, -0.1) is 0 Å². The predicted octanol–water partition coefficient (Wildman–Crippen LogP) is 2.51. The molecule has 0 fully saturated rings. The second kappa shape index (κ2) is 10.7. The summed E-state index contributed by atoms with van der Waals surface area (Å²) in [5.41, 5.74) is 0.877. The van der Waals surface area contributed by atoms with E-state index in [2.05, 4.69) is 5.32 Å². The van der Waals surface area contributed by atoms with E-state index in [1.54, 1.807) is 17.8 Å². The summed E-state index contributed by atoms with van der Waals surface area (Å²) in [4.78, 5) is 23.6. The van der Waals surface area contributed by atoms with E-state index in [4.69, 9.17) is 9.47 Å². The minimum absolute atomic E-state index is 0.324. The van der Waals surface area contributed by atoms with E-state index < -0.39 is 12.0 Å². The van der Waals surface area contributed by atoms with Crippen molar-refractivity contribution < 1.29 is 19.1 Å². The molecule has 0 saturated carbocycles. The molecule has 5 nitrogen and oxygen atoms in total. The van der Waals surface area contributed by atoms with Crippen LogP contribution in [-0.4, -0.2) is 43.6 Å². The lowest BCUT2D eigenvalue weighted by molar-refractivity contribution is -0.144. The summed E-state index contributed by atoms with van der Waals surface area (Å²) >= 11 is 1.61. The molecule has 1 aromatic rings. The number of nitrogens with one attached hydrogen (secondary N) is 1. The maximum Gasteiger partial charge on any atom is 0.328 e. The van der Waals surface area contributed by atoms with E-state index in [0.29, 0.717) is 13.0 Å². The molecule has 0 aliphatic rings. The molecule has 1 aromatic carbocycles. The van der Waals surface area contributed by atoms with Crippen molar-refractivity contribution in [1.29, 1.82) is 0 Å². The Morgan fingerprint density at radius 1 is 1.30 bits per heavy atom. The van der Waals surface area contributed by atoms with Crippen LogP contribution in [0, 0.1) is 0 Å². The van der Waals surface area contributed by atoms with Crippen LogP contribution in [-0.2, 0) is 14.3 Å². The van der Waals surface area contributed by atoms with Crippen molar-refractivity contribution in [1.82, 2.24) is 5.32 Å². The fraction of sp³-hybridized carbons (Fsp3) is 0.412. The maximum atomic E-state index is 11.9. The summed E-state index contributed by atoms with van der Waals surface area (Å²) in [6, 6.07) is 6.79. The molecule has 6 heteroatoms. The standard InChI is InChI=1S/C17H23NO4S/c1-4-22-14-8-5-13(6-9-14)7-10-16(19)18-15(11-12-23-3)17(20)21-2/h5-10,15H,4,11-12H2,1-3H3,(H,18,19)/b10-7+/t15-/m1/s1. The Hall–Kier alpha value is -1.95. The van der Waals surface area contributed by atoms with Gasteiger partial charge in [-0.1, -0.05) is 12.1 Å². The second-order valence-electron chi connectivity index (χ2n) is 4.70. The lowest BCUT2D eigenvalue weighted by Gasteiger charge is -2.14. The number of amides is 1. The quantitative estimate of drug-likeness (QED) is 0.554. The van der Waals surface area contributed by atoms with Gasteiger partial charge in [0.2, 0.25) is 5.91 Å². The summed E-state index contributed by atoms with van der Waals surface area (Å²) in [5.74, 6) is 0.803. The molecule has 0 aliphatic heterocycles. The number of rotatable bonds is 9. The number of hydrogen-bond donors (Lipinski definition) is 1. The summed E-state index contributed by atoms with van der Waals surface area (Å²) in [5, 5.41) is 2.67. The highest BCUT2D eigenvalue weighted by molar-refractivity contribution is 7.98. The molecule has 1 amide bonds. The first kappa shape index (κ1) is 19.1. The number of carbonyl (C=O) groups is 2. The number of esters is 1. The largest absolute Gasteiger partial charge is 0.494 e. The maximum absolute atomic E-state index is 11.9. The van der Waals surface area contributed by atoms with Crippen LogP contribution >= 0.6 is 11.8 Å². The number of benzene rings is 1. The number of hydrogen-bond acceptors (Lipinski definition) is 5. The van der Waals surface area contributed by atoms with Crippen LogP contribution < -0.4 is 10.1 Å². The molecule has 0 spiro atoms. The highest BCUT2D eigenvalue weighted by Crippen LogP contribution is 2.13. The average molecular weight is 337 g/mol. The van der Waals surface area contributed by atoms with Crippen LogP contribution in [0.5, 0.6) is 5.75 Å². The van der Waals surface area contributed by atoms with Gasteiger partial charge in [0.05, 0.1) is 13.7 Å². The number of thioether (sulfide) groups is 1. The lowest BCUT2D eigenvalue weighted by atomic mass is 10.2. The van der Waals surface area contributed by atoms with Crippen LogP contribution in [0.1, 0.15) is 18.9 Å². The van der Waals surface area contributed by atoms with Gasteiger partial charge in [0.25, 0.3) is 0 Å². The molecule has 0 aliphatic carbocycles. The Bertz CT molecular complexity index is 528. The molecule has 126 valence electrons. The molecule has 1 N–H and O–H groups in total. The van der Waals surface area contributed by atoms with Crippen molar-refractivity contribution in [3.8, 4) is 5.75 Å². The monoisotopic (exact) mass is 337 g/mol. The minimum atomic E-state index is -0.620. The zero-order chi connectivity index (χ0) is 17.1. The first-order chi connectivity index (χ1) is 11.1. The van der Waals surface area contributed by atoms with Crippen LogP contribution in [0.4, 0.5) is 0 Å². The van der Waals surface area contributed by atoms with E-state index in [0.717, 1.165) is 17.1 Å². The van der Waals surface area contributed by atoms with Crippen molar-refractivity contribution in [3.05, 3.63) is 35.9 Å². The number of ether oxygens (including phenoxy) is 2. The van der Waals surface area contributed by atoms with Crippen LogP contribution in [0.25, 0.3) is 6.08 Å². The third kappa shape index (κ3) is 7.23. The van der Waals surface area contributed by atoms with Crippen molar-refractivity contribution in [2.75, 3.05) is 25.7 Å². The Labute approximate surface area is 141 Å². The van der Waals surface area contributed by atoms with E-state index >= 15 is 0 Å². The first-order valence-electron chi connectivity index (χ1n) is 7.39. The van der Waals surface area contributed by atoms with Crippen LogP contribution in [0.3, 0.4) is 0 Å². The zero-order valence-electron chi connectivity index (χ0n) is 13.7. The van der Waals surface area contributed by atoms with E-state index in [-0.39, 0.29) is 5.91 Å². The van der Waals surface area contributed by atoms with Gasteiger partial charge in [-0.3, -0.25) is 4.79 Å². The highest BCUT2D eigenvalue weighted by atomic mass is 32.2. The fourth-order valence-electron chi connectivity index (χ4n) is 1.86. The van der Waals surface area contributed by atoms with Gasteiger partial charge >= 0.3 is 5.97 Å². The lowest BCUT2D eigenvalue weighted by Crippen LogP contribution is -2.41. The van der Waals surface area contributed by atoms with Crippen molar-refractivity contribution in [2.24, 2.45) is 0 Å². The normalized spacial score (nSPS) is 12.0. The molecular formula is C17H23NO4S. The molecule has 1 atom stereocenters. The minimum Gasteiger partial charge on any atom is -0.494 e. The first-order valence-corrected chi connectivity index (χ1v) is 8.78. The number of methoxy groups -OCH3 is 1. The molecule has 0 saturated heterocycles. The zero-order valence-corrected chi connectivity index (χ0v) is 14.5. The third-order valence-corrected chi connectivity index (χ3v) is 3.68. The molecule has 0 bridgehead atoms. The van der Waals surface area contributed by atoms with Gasteiger partial charge in [-0.25, -0.2) is 4.79 Å². The number of carbonyl (C=O) groups excluding carboxylic acids is 2. The highest BCUT2D eigenvalue weighted by Gasteiger charge is 2.19.